The molecule has 1 heterocycles. The monoisotopic (exact) mass is 284 g/mol. The van der Waals surface area contributed by atoms with Gasteiger partial charge in [0, 0.05) is 19.1 Å². The molecule has 2 aromatic rings. The van der Waals surface area contributed by atoms with Crippen LogP contribution >= 0.6 is 0 Å². The number of anilines is 1. The maximum absolute atomic E-state index is 4.39. The highest BCUT2D eigenvalue weighted by atomic mass is 15.3. The van der Waals surface area contributed by atoms with Crippen LogP contribution in [0.5, 0.6) is 0 Å². The van der Waals surface area contributed by atoms with Gasteiger partial charge in [-0.3, -0.25) is 0 Å². The lowest BCUT2D eigenvalue weighted by atomic mass is 10.2. The fourth-order valence-electron chi connectivity index (χ4n) is 2.16. The first kappa shape index (κ1) is 15.4. The second-order valence-electron chi connectivity index (χ2n) is 5.37. The molecule has 0 aliphatic heterocycles. The third kappa shape index (κ3) is 4.53. The zero-order chi connectivity index (χ0) is 15.1. The van der Waals surface area contributed by atoms with E-state index in [0.29, 0.717) is 6.04 Å². The van der Waals surface area contributed by atoms with Crippen molar-refractivity contribution in [1.82, 2.24) is 15.5 Å². The highest BCUT2D eigenvalue weighted by molar-refractivity contribution is 5.39. The Morgan fingerprint density at radius 3 is 2.38 bits per heavy atom. The van der Waals surface area contributed by atoms with Gasteiger partial charge >= 0.3 is 0 Å². The third-order valence-electron chi connectivity index (χ3n) is 3.38. The zero-order valence-electron chi connectivity index (χ0n) is 13.1. The van der Waals surface area contributed by atoms with Crippen molar-refractivity contribution < 1.29 is 0 Å². The van der Waals surface area contributed by atoms with Gasteiger partial charge in [0.1, 0.15) is 0 Å². The molecule has 2 rings (SSSR count). The Hall–Kier alpha value is -1.94. The minimum atomic E-state index is 0.374. The van der Waals surface area contributed by atoms with E-state index in [-0.39, 0.29) is 0 Å². The molecule has 0 aliphatic carbocycles. The molecule has 0 saturated heterocycles. The summed E-state index contributed by atoms with van der Waals surface area (Å²) in [5, 5.41) is 12.0. The van der Waals surface area contributed by atoms with Crippen LogP contribution < -0.4 is 10.2 Å². The van der Waals surface area contributed by atoms with Crippen LogP contribution in [-0.2, 0) is 13.1 Å². The summed E-state index contributed by atoms with van der Waals surface area (Å²) in [6.45, 7) is 9.00. The van der Waals surface area contributed by atoms with Crippen LogP contribution in [0.25, 0.3) is 0 Å². The summed E-state index contributed by atoms with van der Waals surface area (Å²) in [6, 6.07) is 14.9. The van der Waals surface area contributed by atoms with Crippen molar-refractivity contribution in [3.63, 3.8) is 0 Å². The van der Waals surface area contributed by atoms with Gasteiger partial charge < -0.3 is 10.2 Å². The molecule has 0 bridgehead atoms. The van der Waals surface area contributed by atoms with Crippen LogP contribution in [-0.4, -0.2) is 22.8 Å². The molecule has 1 aromatic carbocycles. The molecule has 21 heavy (non-hydrogen) atoms. The molecular weight excluding hydrogens is 260 g/mol. The molecule has 0 fully saturated rings. The summed E-state index contributed by atoms with van der Waals surface area (Å²) >= 11 is 0. The Labute approximate surface area is 127 Å². The smallest absolute Gasteiger partial charge is 0.151 e. The maximum Gasteiger partial charge on any atom is 0.151 e. The summed E-state index contributed by atoms with van der Waals surface area (Å²) in [7, 11) is 0. The summed E-state index contributed by atoms with van der Waals surface area (Å²) < 4.78 is 0. The van der Waals surface area contributed by atoms with Crippen LogP contribution in [0.15, 0.2) is 42.5 Å². The molecule has 0 unspecified atom stereocenters. The molecule has 1 N–H and O–H groups in total. The van der Waals surface area contributed by atoms with E-state index in [1.165, 1.54) is 5.56 Å². The molecule has 1 aromatic heterocycles. The zero-order valence-corrected chi connectivity index (χ0v) is 13.1. The van der Waals surface area contributed by atoms with Crippen molar-refractivity contribution in [3.8, 4) is 0 Å². The standard InChI is InChI=1S/C17H24N4/c1-4-18-12-16-10-11-17(20-19-16)21(14(2)3)13-15-8-6-5-7-9-15/h5-11,14,18H,4,12-13H2,1-3H3. The van der Waals surface area contributed by atoms with E-state index in [1.807, 2.05) is 12.1 Å². The van der Waals surface area contributed by atoms with E-state index < -0.39 is 0 Å². The van der Waals surface area contributed by atoms with Crippen molar-refractivity contribution in [3.05, 3.63) is 53.7 Å². The van der Waals surface area contributed by atoms with Crippen LogP contribution in [0.2, 0.25) is 0 Å². The summed E-state index contributed by atoms with van der Waals surface area (Å²) in [5.74, 6) is 0.925. The van der Waals surface area contributed by atoms with Crippen LogP contribution in [0.4, 0.5) is 5.82 Å². The Kier molecular flexibility index (Phi) is 5.69. The molecule has 0 saturated carbocycles. The Morgan fingerprint density at radius 1 is 1.05 bits per heavy atom. The Bertz CT molecular complexity index is 522. The van der Waals surface area contributed by atoms with E-state index in [4.69, 9.17) is 0 Å². The molecule has 112 valence electrons. The van der Waals surface area contributed by atoms with Gasteiger partial charge in [0.15, 0.2) is 5.82 Å². The van der Waals surface area contributed by atoms with Gasteiger partial charge in [0.05, 0.1) is 5.69 Å². The molecule has 0 amide bonds. The molecule has 0 aliphatic rings. The van der Waals surface area contributed by atoms with Gasteiger partial charge in [-0.05, 0) is 38.1 Å². The van der Waals surface area contributed by atoms with Crippen LogP contribution in [0.1, 0.15) is 32.0 Å². The number of nitrogens with zero attached hydrogens (tertiary/aromatic N) is 3. The normalized spacial score (nSPS) is 10.9. The molecule has 0 spiro atoms. The lowest BCUT2D eigenvalue weighted by Crippen LogP contribution is -2.31. The minimum absolute atomic E-state index is 0.374. The highest BCUT2D eigenvalue weighted by Gasteiger charge is 2.13. The van der Waals surface area contributed by atoms with Gasteiger partial charge in [-0.2, -0.15) is 5.10 Å². The topological polar surface area (TPSA) is 41.0 Å². The Balaban J connectivity index is 2.11. The minimum Gasteiger partial charge on any atom is -0.348 e. The second kappa shape index (κ2) is 7.74. The third-order valence-corrected chi connectivity index (χ3v) is 3.38. The van der Waals surface area contributed by atoms with Crippen LogP contribution in [0.3, 0.4) is 0 Å². The maximum atomic E-state index is 4.39. The van der Waals surface area contributed by atoms with Gasteiger partial charge in [0.25, 0.3) is 0 Å². The van der Waals surface area contributed by atoms with E-state index in [2.05, 4.69) is 71.5 Å². The van der Waals surface area contributed by atoms with Crippen molar-refractivity contribution >= 4 is 5.82 Å². The molecule has 4 nitrogen and oxygen atoms in total. The molecule has 0 radical (unpaired) electrons. The summed E-state index contributed by atoms with van der Waals surface area (Å²) in [5.41, 5.74) is 2.26. The number of hydrogen-bond acceptors (Lipinski definition) is 4. The van der Waals surface area contributed by atoms with E-state index in [9.17, 15) is 0 Å². The summed E-state index contributed by atoms with van der Waals surface area (Å²) in [4.78, 5) is 2.26. The first-order valence-corrected chi connectivity index (χ1v) is 7.54. The molecule has 4 heteroatoms. The first-order chi connectivity index (χ1) is 10.2. The Morgan fingerprint density at radius 2 is 1.81 bits per heavy atom. The van der Waals surface area contributed by atoms with Gasteiger partial charge in [-0.15, -0.1) is 5.10 Å². The lowest BCUT2D eigenvalue weighted by molar-refractivity contribution is 0.656. The first-order valence-electron chi connectivity index (χ1n) is 7.54. The van der Waals surface area contributed by atoms with E-state index in [1.54, 1.807) is 0 Å². The SMILES string of the molecule is CCNCc1ccc(N(Cc2ccccc2)C(C)C)nn1. The van der Waals surface area contributed by atoms with E-state index in [0.717, 1.165) is 31.1 Å². The quantitative estimate of drug-likeness (QED) is 0.848. The highest BCUT2D eigenvalue weighted by Crippen LogP contribution is 2.17. The van der Waals surface area contributed by atoms with Gasteiger partial charge in [-0.1, -0.05) is 37.3 Å². The average molecular weight is 284 g/mol. The number of aromatic nitrogens is 2. The molecular formula is C17H24N4. The van der Waals surface area contributed by atoms with Crippen molar-refractivity contribution in [2.75, 3.05) is 11.4 Å². The largest absolute Gasteiger partial charge is 0.348 e. The lowest BCUT2D eigenvalue weighted by Gasteiger charge is -2.27. The van der Waals surface area contributed by atoms with Crippen molar-refractivity contribution in [2.24, 2.45) is 0 Å². The van der Waals surface area contributed by atoms with Crippen molar-refractivity contribution in [1.29, 1.82) is 0 Å². The number of nitrogens with one attached hydrogen (secondary N) is 1. The second-order valence-corrected chi connectivity index (χ2v) is 5.37. The van der Waals surface area contributed by atoms with Gasteiger partial charge in [-0.25, -0.2) is 0 Å². The fourth-order valence-corrected chi connectivity index (χ4v) is 2.16. The predicted octanol–water partition coefficient (Wildman–Crippen LogP) is 3.00. The average Bonchev–Trinajstić information content (AvgIpc) is 2.52. The van der Waals surface area contributed by atoms with Crippen molar-refractivity contribution in [2.45, 2.75) is 39.9 Å². The van der Waals surface area contributed by atoms with Gasteiger partial charge in [0.2, 0.25) is 0 Å². The fraction of sp³-hybridized carbons (Fsp3) is 0.412. The number of hydrogen-bond donors (Lipinski definition) is 1. The number of rotatable bonds is 7. The van der Waals surface area contributed by atoms with Crippen LogP contribution in [0, 0.1) is 0 Å². The predicted molar refractivity (Wildman–Crippen MR) is 87.2 cm³/mol. The molecule has 0 atom stereocenters. The number of benzene rings is 1. The summed E-state index contributed by atoms with van der Waals surface area (Å²) in [6.07, 6.45) is 0. The van der Waals surface area contributed by atoms with E-state index >= 15 is 0 Å².